The van der Waals surface area contributed by atoms with E-state index in [2.05, 4.69) is 24.4 Å². The molecule has 0 unspecified atom stereocenters. The van der Waals surface area contributed by atoms with Crippen molar-refractivity contribution in [3.8, 4) is 0 Å². The van der Waals surface area contributed by atoms with Crippen molar-refractivity contribution < 1.29 is 0 Å². The van der Waals surface area contributed by atoms with E-state index in [0.717, 1.165) is 0 Å². The quantitative estimate of drug-likeness (QED) is 0.538. The molecule has 2 rings (SSSR count). The lowest BCUT2D eigenvalue weighted by atomic mass is 10.0. The second-order valence-electron chi connectivity index (χ2n) is 3.35. The molecule has 82 valence electrons. The largest absolute Gasteiger partial charge is 0.149 e. The number of thiophene rings is 1. The molecular weight excluding hydrogens is 188 g/mol. The molecule has 1 aliphatic carbocycles. The van der Waals surface area contributed by atoms with Gasteiger partial charge < -0.3 is 0 Å². The monoisotopic (exact) mass is 212 g/mol. The summed E-state index contributed by atoms with van der Waals surface area (Å²) >= 11 is 1.78. The van der Waals surface area contributed by atoms with E-state index >= 15 is 0 Å². The predicted molar refractivity (Wildman–Crippen MR) is 68.1 cm³/mol. The van der Waals surface area contributed by atoms with Crippen molar-refractivity contribution in [3.05, 3.63) is 22.4 Å². The van der Waals surface area contributed by atoms with Crippen LogP contribution in [0.4, 0.5) is 0 Å². The molecule has 0 bridgehead atoms. The van der Waals surface area contributed by atoms with Gasteiger partial charge in [0.05, 0.1) is 0 Å². The van der Waals surface area contributed by atoms with E-state index in [9.17, 15) is 0 Å². The van der Waals surface area contributed by atoms with Gasteiger partial charge in [0.2, 0.25) is 0 Å². The molecule has 1 heteroatoms. The summed E-state index contributed by atoms with van der Waals surface area (Å²) in [5.74, 6) is 0. The molecule has 0 saturated heterocycles. The summed E-state index contributed by atoms with van der Waals surface area (Å²) in [4.78, 5) is 1.38. The smallest absolute Gasteiger partial charge is 0.00141 e. The number of rotatable bonds is 0. The van der Waals surface area contributed by atoms with E-state index in [0.29, 0.717) is 0 Å². The summed E-state index contributed by atoms with van der Waals surface area (Å²) < 4.78 is 0. The maximum atomic E-state index is 2.10. The molecule has 1 aliphatic rings. The Kier molecular flexibility index (Phi) is 10.5. The average molecular weight is 212 g/mol. The van der Waals surface area contributed by atoms with Crippen LogP contribution >= 0.6 is 11.3 Å². The number of hydrogen-bond acceptors (Lipinski definition) is 1. The predicted octanol–water partition coefficient (Wildman–Crippen LogP) is 5.42. The lowest BCUT2D eigenvalue weighted by Crippen LogP contribution is -1.85. The third kappa shape index (κ3) is 8.31. The zero-order valence-corrected chi connectivity index (χ0v) is 10.7. The third-order valence-corrected chi connectivity index (χ3v) is 2.96. The van der Waals surface area contributed by atoms with Crippen molar-refractivity contribution in [1.29, 1.82) is 0 Å². The van der Waals surface area contributed by atoms with Crippen LogP contribution in [0.2, 0.25) is 0 Å². The van der Waals surface area contributed by atoms with Gasteiger partial charge in [-0.2, -0.15) is 0 Å². The van der Waals surface area contributed by atoms with Crippen molar-refractivity contribution in [3.63, 3.8) is 0 Å². The fraction of sp³-hybridized carbons (Fsp3) is 0.692. The van der Waals surface area contributed by atoms with Gasteiger partial charge in [0, 0.05) is 4.88 Å². The highest BCUT2D eigenvalue weighted by molar-refractivity contribution is 7.09. The molecule has 0 spiro atoms. The van der Waals surface area contributed by atoms with Crippen molar-refractivity contribution in [2.75, 3.05) is 0 Å². The van der Waals surface area contributed by atoms with Crippen LogP contribution < -0.4 is 0 Å². The Labute approximate surface area is 93.4 Å². The average Bonchev–Trinajstić information content (AvgIpc) is 2.76. The summed E-state index contributed by atoms with van der Waals surface area (Å²) in [6.45, 7) is 6.10. The summed E-state index contributed by atoms with van der Waals surface area (Å²) in [5, 5.41) is 2.08. The second kappa shape index (κ2) is 10.8. The SMILES string of the molecule is C1CCCCC1.CC.Cc1cccs1. The maximum absolute atomic E-state index is 2.10. The topological polar surface area (TPSA) is 0 Å². The summed E-state index contributed by atoms with van der Waals surface area (Å²) in [7, 11) is 0. The Balaban J connectivity index is 0.000000206. The molecule has 1 aromatic heterocycles. The molecule has 0 nitrogen and oxygen atoms in total. The Morgan fingerprint density at radius 3 is 1.50 bits per heavy atom. The molecule has 0 radical (unpaired) electrons. The number of hydrogen-bond donors (Lipinski definition) is 0. The van der Waals surface area contributed by atoms with E-state index in [1.54, 1.807) is 11.3 Å². The Morgan fingerprint density at radius 1 is 0.929 bits per heavy atom. The minimum absolute atomic E-state index is 1.38. The standard InChI is InChI=1S/C6H12.C5H6S.C2H6/c1-2-4-6-5-3-1;1-5-3-2-4-6-5;1-2/h1-6H2;2-4H,1H3;1-2H3. The van der Waals surface area contributed by atoms with Crippen LogP contribution in [-0.2, 0) is 0 Å². The second-order valence-corrected chi connectivity index (χ2v) is 4.50. The molecule has 0 amide bonds. The summed E-state index contributed by atoms with van der Waals surface area (Å²) in [6, 6.07) is 4.16. The van der Waals surface area contributed by atoms with Crippen LogP contribution in [0.15, 0.2) is 17.5 Å². The Hall–Kier alpha value is -0.300. The highest BCUT2D eigenvalue weighted by Gasteiger charge is 1.95. The highest BCUT2D eigenvalue weighted by atomic mass is 32.1. The van der Waals surface area contributed by atoms with Gasteiger partial charge in [-0.1, -0.05) is 58.4 Å². The fourth-order valence-electron chi connectivity index (χ4n) is 1.42. The molecule has 0 aromatic carbocycles. The van der Waals surface area contributed by atoms with Crippen LogP contribution in [0.1, 0.15) is 57.2 Å². The lowest BCUT2D eigenvalue weighted by molar-refractivity contribution is 0.504. The molecule has 1 aromatic rings. The van der Waals surface area contributed by atoms with Gasteiger partial charge in [-0.25, -0.2) is 0 Å². The van der Waals surface area contributed by atoms with Gasteiger partial charge in [-0.3, -0.25) is 0 Å². The first-order chi connectivity index (χ1) is 6.89. The van der Waals surface area contributed by atoms with Gasteiger partial charge in [0.15, 0.2) is 0 Å². The first kappa shape index (κ1) is 13.7. The molecule has 1 saturated carbocycles. The highest BCUT2D eigenvalue weighted by Crippen LogP contribution is 2.15. The van der Waals surface area contributed by atoms with E-state index in [4.69, 9.17) is 0 Å². The van der Waals surface area contributed by atoms with E-state index in [-0.39, 0.29) is 0 Å². The van der Waals surface area contributed by atoms with Crippen LogP contribution in [0.5, 0.6) is 0 Å². The number of aryl methyl sites for hydroxylation is 1. The molecule has 1 fully saturated rings. The normalized spacial score (nSPS) is 14.5. The fourth-order valence-corrected chi connectivity index (χ4v) is 1.95. The lowest BCUT2D eigenvalue weighted by Gasteiger charge is -2.05. The Morgan fingerprint density at radius 2 is 1.36 bits per heavy atom. The van der Waals surface area contributed by atoms with Crippen molar-refractivity contribution in [2.24, 2.45) is 0 Å². The van der Waals surface area contributed by atoms with Crippen molar-refractivity contribution >= 4 is 11.3 Å². The van der Waals surface area contributed by atoms with Gasteiger partial charge in [0.25, 0.3) is 0 Å². The van der Waals surface area contributed by atoms with Crippen molar-refractivity contribution in [1.82, 2.24) is 0 Å². The van der Waals surface area contributed by atoms with Crippen molar-refractivity contribution in [2.45, 2.75) is 59.3 Å². The molecule has 0 atom stereocenters. The summed E-state index contributed by atoms with van der Waals surface area (Å²) in [5.41, 5.74) is 0. The van der Waals surface area contributed by atoms with Crippen LogP contribution in [-0.4, -0.2) is 0 Å². The van der Waals surface area contributed by atoms with Crippen LogP contribution in [0, 0.1) is 6.92 Å². The zero-order chi connectivity index (χ0) is 10.6. The van der Waals surface area contributed by atoms with Gasteiger partial charge >= 0.3 is 0 Å². The molecular formula is C13H24S. The zero-order valence-electron chi connectivity index (χ0n) is 9.88. The van der Waals surface area contributed by atoms with E-state index < -0.39 is 0 Å². The molecule has 0 aliphatic heterocycles. The van der Waals surface area contributed by atoms with Gasteiger partial charge in [0.1, 0.15) is 0 Å². The molecule has 1 heterocycles. The molecule has 0 N–H and O–H groups in total. The first-order valence-corrected chi connectivity index (χ1v) is 6.77. The minimum atomic E-state index is 1.38. The van der Waals surface area contributed by atoms with Gasteiger partial charge in [-0.05, 0) is 18.4 Å². The van der Waals surface area contributed by atoms with Crippen LogP contribution in [0.3, 0.4) is 0 Å². The summed E-state index contributed by atoms with van der Waals surface area (Å²) in [6.07, 6.45) is 9.00. The first-order valence-electron chi connectivity index (χ1n) is 5.90. The third-order valence-electron chi connectivity index (χ3n) is 2.16. The van der Waals surface area contributed by atoms with Crippen LogP contribution in [0.25, 0.3) is 0 Å². The maximum Gasteiger partial charge on any atom is 0.00141 e. The molecule has 14 heavy (non-hydrogen) atoms. The minimum Gasteiger partial charge on any atom is -0.149 e. The van der Waals surface area contributed by atoms with E-state index in [1.807, 2.05) is 13.8 Å². The van der Waals surface area contributed by atoms with Gasteiger partial charge in [-0.15, -0.1) is 11.3 Å². The van der Waals surface area contributed by atoms with E-state index in [1.165, 1.54) is 43.4 Å². The Bertz CT molecular complexity index is 162.